The SMILES string of the molecule is CC(O)C1CCN(C/C=C/c2ccccc2[N+](=O)[O-])CC1. The first-order chi connectivity index (χ1) is 10.1. The molecule has 1 saturated heterocycles. The van der Waals surface area contributed by atoms with Gasteiger partial charge in [-0.2, -0.15) is 0 Å². The van der Waals surface area contributed by atoms with Crippen molar-refractivity contribution in [3.05, 3.63) is 46.0 Å². The summed E-state index contributed by atoms with van der Waals surface area (Å²) in [5.74, 6) is 0.403. The molecule has 1 heterocycles. The Morgan fingerprint density at radius 2 is 2.10 bits per heavy atom. The molecule has 1 N–H and O–H groups in total. The second-order valence-electron chi connectivity index (χ2n) is 5.60. The van der Waals surface area contributed by atoms with Gasteiger partial charge in [0.25, 0.3) is 5.69 Å². The van der Waals surface area contributed by atoms with Gasteiger partial charge >= 0.3 is 0 Å². The van der Waals surface area contributed by atoms with Crippen LogP contribution in [-0.2, 0) is 0 Å². The van der Waals surface area contributed by atoms with E-state index in [0.29, 0.717) is 11.5 Å². The lowest BCUT2D eigenvalue weighted by atomic mass is 9.92. The van der Waals surface area contributed by atoms with Crippen LogP contribution >= 0.6 is 0 Å². The largest absolute Gasteiger partial charge is 0.393 e. The average Bonchev–Trinajstić information content (AvgIpc) is 2.48. The molecule has 0 radical (unpaired) electrons. The molecule has 1 aliphatic rings. The van der Waals surface area contributed by atoms with Gasteiger partial charge in [0.15, 0.2) is 0 Å². The van der Waals surface area contributed by atoms with Crippen molar-refractivity contribution in [1.82, 2.24) is 4.90 Å². The first-order valence-electron chi connectivity index (χ1n) is 7.38. The van der Waals surface area contributed by atoms with Crippen LogP contribution in [0.4, 0.5) is 5.69 Å². The number of nitro groups is 1. The minimum atomic E-state index is -0.353. The number of aliphatic hydroxyl groups excluding tert-OH is 1. The number of hydrogen-bond donors (Lipinski definition) is 1. The molecule has 21 heavy (non-hydrogen) atoms. The van der Waals surface area contributed by atoms with Gasteiger partial charge in [0.1, 0.15) is 0 Å². The van der Waals surface area contributed by atoms with E-state index in [4.69, 9.17) is 0 Å². The molecule has 0 bridgehead atoms. The van der Waals surface area contributed by atoms with Gasteiger partial charge in [0.05, 0.1) is 16.6 Å². The molecule has 0 saturated carbocycles. The van der Waals surface area contributed by atoms with Crippen LogP contribution < -0.4 is 0 Å². The van der Waals surface area contributed by atoms with E-state index in [-0.39, 0.29) is 16.7 Å². The molecule has 2 rings (SSSR count). The Bertz CT molecular complexity index is 506. The van der Waals surface area contributed by atoms with Crippen molar-refractivity contribution in [2.45, 2.75) is 25.9 Å². The van der Waals surface area contributed by atoms with Gasteiger partial charge in [-0.05, 0) is 44.8 Å². The molecular formula is C16H22N2O3. The lowest BCUT2D eigenvalue weighted by molar-refractivity contribution is -0.385. The first kappa shape index (κ1) is 15.7. The lowest BCUT2D eigenvalue weighted by Crippen LogP contribution is -2.37. The van der Waals surface area contributed by atoms with Gasteiger partial charge in [-0.1, -0.05) is 24.3 Å². The third kappa shape index (κ3) is 4.37. The molecule has 114 valence electrons. The maximum absolute atomic E-state index is 10.9. The molecule has 1 aromatic rings. The maximum atomic E-state index is 10.9. The number of para-hydroxylation sites is 1. The number of nitrogens with zero attached hydrogens (tertiary/aromatic N) is 2. The summed E-state index contributed by atoms with van der Waals surface area (Å²) >= 11 is 0. The van der Waals surface area contributed by atoms with Gasteiger partial charge < -0.3 is 5.11 Å². The molecule has 5 heteroatoms. The second-order valence-corrected chi connectivity index (χ2v) is 5.60. The van der Waals surface area contributed by atoms with E-state index in [0.717, 1.165) is 32.5 Å². The average molecular weight is 290 g/mol. The van der Waals surface area contributed by atoms with Crippen molar-refractivity contribution in [2.75, 3.05) is 19.6 Å². The van der Waals surface area contributed by atoms with Crippen molar-refractivity contribution in [3.8, 4) is 0 Å². The third-order valence-corrected chi connectivity index (χ3v) is 4.11. The van der Waals surface area contributed by atoms with Crippen molar-refractivity contribution >= 4 is 11.8 Å². The number of piperidine rings is 1. The van der Waals surface area contributed by atoms with E-state index in [2.05, 4.69) is 4.90 Å². The van der Waals surface area contributed by atoms with E-state index < -0.39 is 0 Å². The highest BCUT2D eigenvalue weighted by Gasteiger charge is 2.21. The van der Waals surface area contributed by atoms with E-state index in [1.54, 1.807) is 18.2 Å². The van der Waals surface area contributed by atoms with E-state index >= 15 is 0 Å². The standard InChI is InChI=1S/C16H22N2O3/c1-13(19)14-8-11-17(12-9-14)10-4-6-15-5-2-3-7-16(15)18(20)21/h2-7,13-14,19H,8-12H2,1H3/b6-4+. The monoisotopic (exact) mass is 290 g/mol. The van der Waals surface area contributed by atoms with Crippen LogP contribution in [0.3, 0.4) is 0 Å². The van der Waals surface area contributed by atoms with Crippen molar-refractivity contribution in [1.29, 1.82) is 0 Å². The Kier molecular flexibility index (Phi) is 5.47. The Hall–Kier alpha value is -1.72. The maximum Gasteiger partial charge on any atom is 0.276 e. The quantitative estimate of drug-likeness (QED) is 0.669. The lowest BCUT2D eigenvalue weighted by Gasteiger charge is -2.32. The molecule has 5 nitrogen and oxygen atoms in total. The zero-order chi connectivity index (χ0) is 15.2. The van der Waals surface area contributed by atoms with Gasteiger partial charge in [0.2, 0.25) is 0 Å². The summed E-state index contributed by atoms with van der Waals surface area (Å²) < 4.78 is 0. The topological polar surface area (TPSA) is 66.6 Å². The van der Waals surface area contributed by atoms with Crippen LogP contribution in [0, 0.1) is 16.0 Å². The van der Waals surface area contributed by atoms with Crippen molar-refractivity contribution in [3.63, 3.8) is 0 Å². The molecular weight excluding hydrogens is 268 g/mol. The predicted molar refractivity (Wildman–Crippen MR) is 83.0 cm³/mol. The minimum Gasteiger partial charge on any atom is -0.393 e. The number of likely N-dealkylation sites (tertiary alicyclic amines) is 1. The number of nitro benzene ring substituents is 1. The fraction of sp³-hybridized carbons (Fsp3) is 0.500. The Morgan fingerprint density at radius 3 is 2.71 bits per heavy atom. The highest BCUT2D eigenvalue weighted by Crippen LogP contribution is 2.21. The fourth-order valence-electron chi connectivity index (χ4n) is 2.74. The minimum absolute atomic E-state index is 0.140. The Morgan fingerprint density at radius 1 is 1.43 bits per heavy atom. The number of benzene rings is 1. The molecule has 0 amide bonds. The van der Waals surface area contributed by atoms with Gasteiger partial charge in [-0.15, -0.1) is 0 Å². The van der Waals surface area contributed by atoms with E-state index in [1.807, 2.05) is 19.1 Å². The summed E-state index contributed by atoms with van der Waals surface area (Å²) in [4.78, 5) is 12.9. The fourth-order valence-corrected chi connectivity index (χ4v) is 2.74. The van der Waals surface area contributed by atoms with E-state index in [9.17, 15) is 15.2 Å². The zero-order valence-electron chi connectivity index (χ0n) is 12.3. The molecule has 0 spiro atoms. The molecule has 1 unspecified atom stereocenters. The summed E-state index contributed by atoms with van der Waals surface area (Å²) in [6.07, 6.45) is 5.59. The highest BCUT2D eigenvalue weighted by atomic mass is 16.6. The zero-order valence-corrected chi connectivity index (χ0v) is 12.3. The molecule has 1 fully saturated rings. The number of rotatable bonds is 5. The summed E-state index contributed by atoms with van der Waals surface area (Å²) in [5, 5.41) is 20.5. The summed E-state index contributed by atoms with van der Waals surface area (Å²) in [5.41, 5.74) is 0.780. The van der Waals surface area contributed by atoms with Crippen LogP contribution in [0.5, 0.6) is 0 Å². The smallest absolute Gasteiger partial charge is 0.276 e. The Labute approximate surface area is 125 Å². The van der Waals surface area contributed by atoms with Crippen LogP contribution in [0.25, 0.3) is 6.08 Å². The van der Waals surface area contributed by atoms with Crippen molar-refractivity contribution in [2.24, 2.45) is 5.92 Å². The van der Waals surface area contributed by atoms with Crippen molar-refractivity contribution < 1.29 is 10.0 Å². The molecule has 1 atom stereocenters. The second kappa shape index (κ2) is 7.33. The number of hydrogen-bond acceptors (Lipinski definition) is 4. The van der Waals surface area contributed by atoms with Gasteiger partial charge in [0, 0.05) is 12.6 Å². The normalized spacial score (nSPS) is 19.0. The summed E-state index contributed by atoms with van der Waals surface area (Å²) in [6.45, 7) is 4.58. The first-order valence-corrected chi connectivity index (χ1v) is 7.38. The van der Waals surface area contributed by atoms with Gasteiger partial charge in [-0.25, -0.2) is 0 Å². The van der Waals surface area contributed by atoms with Crippen LogP contribution in [-0.4, -0.2) is 40.7 Å². The molecule has 0 aromatic heterocycles. The van der Waals surface area contributed by atoms with Crippen LogP contribution in [0.2, 0.25) is 0 Å². The molecule has 1 aliphatic heterocycles. The highest BCUT2D eigenvalue weighted by molar-refractivity contribution is 5.60. The van der Waals surface area contributed by atoms with Crippen LogP contribution in [0.1, 0.15) is 25.3 Å². The summed E-state index contributed by atoms with van der Waals surface area (Å²) in [7, 11) is 0. The molecule has 1 aromatic carbocycles. The van der Waals surface area contributed by atoms with E-state index in [1.165, 1.54) is 6.07 Å². The molecule has 0 aliphatic carbocycles. The Balaban J connectivity index is 1.88. The number of aliphatic hydroxyl groups is 1. The summed E-state index contributed by atoms with van der Waals surface area (Å²) in [6, 6.07) is 6.76. The predicted octanol–water partition coefficient (Wildman–Crippen LogP) is 2.70. The van der Waals surface area contributed by atoms with Gasteiger partial charge in [-0.3, -0.25) is 15.0 Å². The third-order valence-electron chi connectivity index (χ3n) is 4.11. The van der Waals surface area contributed by atoms with Crippen LogP contribution in [0.15, 0.2) is 30.3 Å².